The molecule has 0 aromatic carbocycles. The van der Waals surface area contributed by atoms with Crippen molar-refractivity contribution in [3.8, 4) is 0 Å². The number of nitrogens with two attached hydrogens (primary N) is 2. The number of carboxylic acids is 2. The fraction of sp³-hybridized carbons (Fsp3) is 0.579. The van der Waals surface area contributed by atoms with Crippen LogP contribution in [0, 0.1) is 5.92 Å². The van der Waals surface area contributed by atoms with Gasteiger partial charge in [-0.05, 0) is 26.3 Å². The van der Waals surface area contributed by atoms with Crippen LogP contribution in [0.5, 0.6) is 0 Å². The Bertz CT molecular complexity index is 696. The zero-order chi connectivity index (χ0) is 25.4. The third-order valence-corrected chi connectivity index (χ3v) is 4.45. The van der Waals surface area contributed by atoms with Crippen LogP contribution in [0.4, 0.5) is 0 Å². The first kappa shape index (κ1) is 30.9. The number of ketones is 1. The average Bonchev–Trinajstić information content (AvgIpc) is 2.97. The van der Waals surface area contributed by atoms with Gasteiger partial charge in [-0.2, -0.15) is 0 Å². The van der Waals surface area contributed by atoms with E-state index in [1.165, 1.54) is 7.05 Å². The number of rotatable bonds is 10. The summed E-state index contributed by atoms with van der Waals surface area (Å²) in [6, 6.07) is -3.14. The summed E-state index contributed by atoms with van der Waals surface area (Å²) in [5.41, 5.74) is 10.8. The van der Waals surface area contributed by atoms with Crippen LogP contribution in [0.25, 0.3) is 0 Å². The van der Waals surface area contributed by atoms with Gasteiger partial charge in [-0.15, -0.1) is 0 Å². The summed E-state index contributed by atoms with van der Waals surface area (Å²) >= 11 is 0. The molecule has 1 fully saturated rings. The Kier molecular flexibility index (Phi) is 15.8. The zero-order valence-electron chi connectivity index (χ0n) is 18.1. The highest BCUT2D eigenvalue weighted by atomic mass is 16.4. The van der Waals surface area contributed by atoms with E-state index in [4.69, 9.17) is 25.8 Å². The molecule has 0 aromatic rings. The molecule has 0 radical (unpaired) electrons. The number of carbonyl (C=O) groups excluding carboxylic acids is 3. The van der Waals surface area contributed by atoms with Crippen molar-refractivity contribution in [1.82, 2.24) is 10.6 Å². The van der Waals surface area contributed by atoms with Crippen LogP contribution in [-0.2, 0) is 28.8 Å². The molecular weight excluding hydrogens is 428 g/mol. The topological polar surface area (TPSA) is 239 Å². The van der Waals surface area contributed by atoms with E-state index in [1.54, 1.807) is 6.92 Å². The fourth-order valence-corrected chi connectivity index (χ4v) is 2.66. The lowest BCUT2D eigenvalue weighted by Gasteiger charge is -2.21. The molecule has 1 rings (SSSR count). The molecule has 0 aromatic heterocycles. The summed E-state index contributed by atoms with van der Waals surface area (Å²) in [6.07, 6.45) is -0.756. The molecule has 13 heteroatoms. The molecule has 1 aliphatic rings. The van der Waals surface area contributed by atoms with Gasteiger partial charge in [0, 0.05) is 18.8 Å². The molecule has 32 heavy (non-hydrogen) atoms. The fourth-order valence-electron chi connectivity index (χ4n) is 2.66. The minimum Gasteiger partial charge on any atom is -0.483 e. The Labute approximate surface area is 185 Å². The van der Waals surface area contributed by atoms with Gasteiger partial charge < -0.3 is 37.4 Å². The molecule has 182 valence electrons. The van der Waals surface area contributed by atoms with E-state index in [9.17, 15) is 24.0 Å². The van der Waals surface area contributed by atoms with Gasteiger partial charge in [0.2, 0.25) is 11.8 Å². The van der Waals surface area contributed by atoms with Crippen LogP contribution in [0.1, 0.15) is 39.0 Å². The molecule has 13 nitrogen and oxygen atoms in total. The molecule has 1 saturated carbocycles. The van der Waals surface area contributed by atoms with Gasteiger partial charge in [0.25, 0.3) is 6.47 Å². The van der Waals surface area contributed by atoms with Gasteiger partial charge in [0.15, 0.2) is 5.78 Å². The number of aliphatic carboxylic acids is 2. The number of Topliss-reactive ketones (excluding diaryl/α,β-unsaturated/α-hetero) is 1. The van der Waals surface area contributed by atoms with Crippen LogP contribution in [0.2, 0.25) is 0 Å². The van der Waals surface area contributed by atoms with E-state index >= 15 is 0 Å². The number of nitrogens with one attached hydrogen (secondary N) is 2. The van der Waals surface area contributed by atoms with Crippen molar-refractivity contribution in [2.45, 2.75) is 57.2 Å². The molecule has 0 bridgehead atoms. The molecule has 0 heterocycles. The van der Waals surface area contributed by atoms with Crippen LogP contribution >= 0.6 is 0 Å². The van der Waals surface area contributed by atoms with Gasteiger partial charge in [0.1, 0.15) is 6.04 Å². The van der Waals surface area contributed by atoms with Gasteiger partial charge in [-0.1, -0.05) is 19.1 Å². The SMILES string of the molecule is C=C1CC(NC(=O)C(CCC(=O)O)NC(=O)C(N)CCC(=O)O)C(=O)C1C.CN.O=CO. The largest absolute Gasteiger partial charge is 0.483 e. The minimum atomic E-state index is -1.21. The first-order valence-electron chi connectivity index (χ1n) is 9.61. The number of amides is 2. The molecule has 0 saturated heterocycles. The summed E-state index contributed by atoms with van der Waals surface area (Å²) in [5, 5.41) is 29.2. The van der Waals surface area contributed by atoms with E-state index in [1.807, 2.05) is 0 Å². The summed E-state index contributed by atoms with van der Waals surface area (Å²) in [4.78, 5) is 66.4. The number of hydrogen-bond donors (Lipinski definition) is 7. The molecule has 9 N–H and O–H groups in total. The Morgan fingerprint density at radius 2 is 1.59 bits per heavy atom. The summed E-state index contributed by atoms with van der Waals surface area (Å²) in [5.74, 6) is -4.32. The molecule has 4 unspecified atom stereocenters. The molecule has 4 atom stereocenters. The normalized spacial score (nSPS) is 18.6. The van der Waals surface area contributed by atoms with Crippen molar-refractivity contribution in [2.75, 3.05) is 7.05 Å². The maximum atomic E-state index is 12.5. The monoisotopic (exact) mass is 460 g/mol. The lowest BCUT2D eigenvalue weighted by Crippen LogP contribution is -2.54. The van der Waals surface area contributed by atoms with Gasteiger partial charge >= 0.3 is 11.9 Å². The van der Waals surface area contributed by atoms with E-state index in [0.29, 0.717) is 5.57 Å². The molecule has 2 amide bonds. The molecule has 0 spiro atoms. The summed E-state index contributed by atoms with van der Waals surface area (Å²) in [6.45, 7) is 5.20. The molecule has 1 aliphatic carbocycles. The predicted molar refractivity (Wildman–Crippen MR) is 112 cm³/mol. The second kappa shape index (κ2) is 16.4. The summed E-state index contributed by atoms with van der Waals surface area (Å²) in [7, 11) is 1.50. The Morgan fingerprint density at radius 1 is 1.12 bits per heavy atom. The number of carboxylic acid groups (broad SMARTS) is 3. The van der Waals surface area contributed by atoms with Gasteiger partial charge in [-0.25, -0.2) is 0 Å². The maximum absolute atomic E-state index is 12.5. The molecular formula is C19H32N4O9. The van der Waals surface area contributed by atoms with E-state index in [-0.39, 0.29) is 50.3 Å². The van der Waals surface area contributed by atoms with Crippen molar-refractivity contribution in [1.29, 1.82) is 0 Å². The van der Waals surface area contributed by atoms with Crippen molar-refractivity contribution < 1.29 is 44.1 Å². The second-order valence-electron chi connectivity index (χ2n) is 6.69. The highest BCUT2D eigenvalue weighted by Crippen LogP contribution is 2.26. The number of hydrogen-bond acceptors (Lipinski definition) is 8. The highest BCUT2D eigenvalue weighted by molar-refractivity contribution is 5.97. The molecule has 0 aliphatic heterocycles. The van der Waals surface area contributed by atoms with Crippen molar-refractivity contribution >= 4 is 36.0 Å². The van der Waals surface area contributed by atoms with E-state index < -0.39 is 41.9 Å². The minimum absolute atomic E-state index is 0.132. The van der Waals surface area contributed by atoms with E-state index in [0.717, 1.165) is 0 Å². The van der Waals surface area contributed by atoms with Gasteiger partial charge in [0.05, 0.1) is 12.1 Å². The lowest BCUT2D eigenvalue weighted by molar-refractivity contribution is -0.139. The van der Waals surface area contributed by atoms with Crippen LogP contribution in [0.15, 0.2) is 12.2 Å². The quantitative estimate of drug-likeness (QED) is 0.145. The average molecular weight is 460 g/mol. The Morgan fingerprint density at radius 3 is 2.00 bits per heavy atom. The van der Waals surface area contributed by atoms with Crippen LogP contribution < -0.4 is 22.1 Å². The third-order valence-electron chi connectivity index (χ3n) is 4.45. The first-order chi connectivity index (χ1) is 14.9. The van der Waals surface area contributed by atoms with Crippen LogP contribution in [-0.4, -0.2) is 76.5 Å². The van der Waals surface area contributed by atoms with E-state index in [2.05, 4.69) is 22.9 Å². The predicted octanol–water partition coefficient (Wildman–Crippen LogP) is -1.55. The van der Waals surface area contributed by atoms with Crippen molar-refractivity contribution in [2.24, 2.45) is 17.4 Å². The first-order valence-corrected chi connectivity index (χ1v) is 9.61. The van der Waals surface area contributed by atoms with Gasteiger partial charge in [-0.3, -0.25) is 28.8 Å². The smallest absolute Gasteiger partial charge is 0.303 e. The highest BCUT2D eigenvalue weighted by Gasteiger charge is 2.36. The standard InChI is InChI=1S/C17H25N3O7.CH5N.CH2O2/c1-8-7-12(15(25)9(8)2)20-17(27)11(4-6-14(23)24)19-16(26)10(18)3-5-13(21)22;1-2;2-1-3/h9-12H,1,3-7,18H2,2H3,(H,19,26)(H,20,27)(H,21,22)(H,23,24);2H2,1H3;1H,(H,2,3). The maximum Gasteiger partial charge on any atom is 0.303 e. The van der Waals surface area contributed by atoms with Crippen LogP contribution in [0.3, 0.4) is 0 Å². The third kappa shape index (κ3) is 11.8. The number of carbonyl (C=O) groups is 6. The van der Waals surface area contributed by atoms with Crippen molar-refractivity contribution in [3.63, 3.8) is 0 Å². The zero-order valence-corrected chi connectivity index (χ0v) is 18.1. The Hall–Kier alpha value is -3.32. The summed E-state index contributed by atoms with van der Waals surface area (Å²) < 4.78 is 0. The Balaban J connectivity index is 0. The van der Waals surface area contributed by atoms with Crippen molar-refractivity contribution in [3.05, 3.63) is 12.2 Å². The lowest BCUT2D eigenvalue weighted by atomic mass is 10.1. The second-order valence-corrected chi connectivity index (χ2v) is 6.69.